The third-order valence-electron chi connectivity index (χ3n) is 3.43. The van der Waals surface area contributed by atoms with Crippen LogP contribution in [0.5, 0.6) is 11.5 Å². The number of rotatable bonds is 6. The van der Waals surface area contributed by atoms with Crippen LogP contribution in [0.15, 0.2) is 18.2 Å². The number of hydrogen-bond acceptors (Lipinski definition) is 6. The van der Waals surface area contributed by atoms with E-state index in [1.54, 1.807) is 25.1 Å². The van der Waals surface area contributed by atoms with E-state index in [-0.39, 0.29) is 12.7 Å². The van der Waals surface area contributed by atoms with E-state index in [1.165, 1.54) is 7.11 Å². The number of para-hydroxylation sites is 1. The molecule has 2 rings (SSSR count). The van der Waals surface area contributed by atoms with Crippen LogP contribution in [0.4, 0.5) is 0 Å². The Labute approximate surface area is 129 Å². The Hall–Kier alpha value is -1.79. The first-order valence-corrected chi connectivity index (χ1v) is 7.43. The lowest BCUT2D eigenvalue weighted by Crippen LogP contribution is -2.28. The number of aliphatic hydroxyl groups excluding tert-OH is 1. The normalized spacial score (nSPS) is 19.3. The van der Waals surface area contributed by atoms with Crippen molar-refractivity contribution in [1.29, 1.82) is 0 Å². The van der Waals surface area contributed by atoms with Gasteiger partial charge < -0.3 is 24.1 Å². The van der Waals surface area contributed by atoms with Crippen molar-refractivity contribution < 1.29 is 28.8 Å². The van der Waals surface area contributed by atoms with Crippen LogP contribution < -0.4 is 9.47 Å². The van der Waals surface area contributed by atoms with E-state index in [0.29, 0.717) is 23.7 Å². The summed E-state index contributed by atoms with van der Waals surface area (Å²) in [4.78, 5) is 11.7. The largest absolute Gasteiger partial charge is 0.492 e. The highest BCUT2D eigenvalue weighted by Crippen LogP contribution is 2.36. The van der Waals surface area contributed by atoms with Gasteiger partial charge in [0, 0.05) is 12.2 Å². The Kier molecular flexibility index (Phi) is 6.03. The monoisotopic (exact) mass is 310 g/mol. The highest BCUT2D eigenvalue weighted by atomic mass is 16.6. The Morgan fingerprint density at radius 2 is 2.32 bits per heavy atom. The van der Waals surface area contributed by atoms with Crippen molar-refractivity contribution in [2.24, 2.45) is 0 Å². The fraction of sp³-hybridized carbons (Fsp3) is 0.562. The molecule has 1 aromatic carbocycles. The summed E-state index contributed by atoms with van der Waals surface area (Å²) >= 11 is 0. The van der Waals surface area contributed by atoms with Crippen molar-refractivity contribution in [2.45, 2.75) is 32.0 Å². The minimum Gasteiger partial charge on any atom is -0.492 e. The number of esters is 1. The van der Waals surface area contributed by atoms with Crippen LogP contribution >= 0.6 is 0 Å². The first-order valence-electron chi connectivity index (χ1n) is 7.43. The lowest BCUT2D eigenvalue weighted by molar-refractivity contribution is -0.153. The molecule has 1 fully saturated rings. The molecule has 0 spiro atoms. The predicted octanol–water partition coefficient (Wildman–Crippen LogP) is 1.85. The lowest BCUT2D eigenvalue weighted by atomic mass is 10.1. The smallest absolute Gasteiger partial charge is 0.339 e. The lowest BCUT2D eigenvalue weighted by Gasteiger charge is -2.25. The molecule has 6 heteroatoms. The molecule has 1 heterocycles. The van der Waals surface area contributed by atoms with E-state index in [0.717, 1.165) is 19.4 Å². The molecule has 1 aliphatic heterocycles. The first kappa shape index (κ1) is 16.6. The summed E-state index contributed by atoms with van der Waals surface area (Å²) in [6.45, 7) is 3.16. The van der Waals surface area contributed by atoms with Gasteiger partial charge in [-0.15, -0.1) is 0 Å². The van der Waals surface area contributed by atoms with Crippen molar-refractivity contribution in [1.82, 2.24) is 0 Å². The first-order chi connectivity index (χ1) is 10.7. The highest BCUT2D eigenvalue weighted by molar-refractivity contribution is 5.77. The Morgan fingerprint density at radius 3 is 2.95 bits per heavy atom. The van der Waals surface area contributed by atoms with Crippen LogP contribution in [0.2, 0.25) is 0 Å². The molecule has 0 radical (unpaired) electrons. The molecule has 1 aromatic rings. The number of aliphatic hydroxyl groups is 1. The van der Waals surface area contributed by atoms with Crippen molar-refractivity contribution in [3.8, 4) is 11.5 Å². The molecule has 0 bridgehead atoms. The molecule has 0 amide bonds. The maximum Gasteiger partial charge on any atom is 0.339 e. The minimum absolute atomic E-state index is 0.0577. The van der Waals surface area contributed by atoms with Gasteiger partial charge in [-0.05, 0) is 25.8 Å². The summed E-state index contributed by atoms with van der Waals surface area (Å²) in [6, 6.07) is 5.07. The number of carbonyl (C=O) groups excluding carboxylic acids is 1. The zero-order valence-corrected chi connectivity index (χ0v) is 12.9. The van der Waals surface area contributed by atoms with Gasteiger partial charge in [0.1, 0.15) is 6.10 Å². The Morgan fingerprint density at radius 1 is 1.50 bits per heavy atom. The molecule has 0 saturated carbocycles. The predicted molar refractivity (Wildman–Crippen MR) is 79.1 cm³/mol. The fourth-order valence-corrected chi connectivity index (χ4v) is 2.39. The number of benzene rings is 1. The summed E-state index contributed by atoms with van der Waals surface area (Å²) in [7, 11) is 1.47. The molecular formula is C16H22O6. The molecule has 2 atom stereocenters. The Bertz CT molecular complexity index is 495. The molecule has 22 heavy (non-hydrogen) atoms. The second-order valence-electron chi connectivity index (χ2n) is 4.99. The topological polar surface area (TPSA) is 74.2 Å². The molecule has 6 nitrogen and oxygen atoms in total. The van der Waals surface area contributed by atoms with E-state index in [2.05, 4.69) is 0 Å². The van der Waals surface area contributed by atoms with Gasteiger partial charge in [0.15, 0.2) is 17.6 Å². The van der Waals surface area contributed by atoms with Crippen LogP contribution in [0, 0.1) is 0 Å². The second kappa shape index (κ2) is 8.00. The molecule has 1 N–H and O–H groups in total. The molecule has 122 valence electrons. The molecule has 0 aliphatic carbocycles. The van der Waals surface area contributed by atoms with E-state index in [1.807, 2.05) is 0 Å². The fourth-order valence-electron chi connectivity index (χ4n) is 2.39. The van der Waals surface area contributed by atoms with Crippen LogP contribution in [0.1, 0.15) is 31.4 Å². The van der Waals surface area contributed by atoms with Gasteiger partial charge in [0.2, 0.25) is 0 Å². The quantitative estimate of drug-likeness (QED) is 0.808. The van der Waals surface area contributed by atoms with Gasteiger partial charge in [-0.3, -0.25) is 0 Å². The van der Waals surface area contributed by atoms with Crippen LogP contribution in [0.25, 0.3) is 0 Å². The number of carbonyl (C=O) groups is 1. The van der Waals surface area contributed by atoms with E-state index < -0.39 is 12.1 Å². The molecule has 2 unspecified atom stereocenters. The van der Waals surface area contributed by atoms with Gasteiger partial charge in [-0.1, -0.05) is 12.1 Å². The second-order valence-corrected chi connectivity index (χ2v) is 4.99. The van der Waals surface area contributed by atoms with Gasteiger partial charge in [-0.2, -0.15) is 0 Å². The molecule has 1 saturated heterocycles. The maximum atomic E-state index is 11.7. The van der Waals surface area contributed by atoms with Gasteiger partial charge in [0.25, 0.3) is 0 Å². The van der Waals surface area contributed by atoms with E-state index >= 15 is 0 Å². The van der Waals surface area contributed by atoms with Crippen molar-refractivity contribution in [2.75, 3.05) is 26.9 Å². The summed E-state index contributed by atoms with van der Waals surface area (Å²) in [5, 5.41) is 10.1. The standard InChI is InChI=1S/C16H22O6/c1-3-21-16(18)14(17)12-7-4-8-13(15(12)19-2)22-11-6-5-9-20-10-11/h4,7-8,11,14,17H,3,5-6,9-10H2,1-2H3. The van der Waals surface area contributed by atoms with E-state index in [4.69, 9.17) is 18.9 Å². The van der Waals surface area contributed by atoms with Gasteiger partial charge >= 0.3 is 5.97 Å². The summed E-state index contributed by atoms with van der Waals surface area (Å²) in [5.74, 6) is 0.117. The summed E-state index contributed by atoms with van der Waals surface area (Å²) < 4.78 is 21.5. The van der Waals surface area contributed by atoms with Gasteiger partial charge in [0.05, 0.1) is 20.3 Å². The molecule has 0 aromatic heterocycles. The van der Waals surface area contributed by atoms with Crippen molar-refractivity contribution in [3.63, 3.8) is 0 Å². The minimum atomic E-state index is -1.40. The summed E-state index contributed by atoms with van der Waals surface area (Å²) in [5.41, 5.74) is 0.329. The zero-order chi connectivity index (χ0) is 15.9. The van der Waals surface area contributed by atoms with Crippen molar-refractivity contribution in [3.05, 3.63) is 23.8 Å². The average molecular weight is 310 g/mol. The van der Waals surface area contributed by atoms with Crippen LogP contribution in [0.3, 0.4) is 0 Å². The number of hydrogen-bond donors (Lipinski definition) is 1. The third-order valence-corrected chi connectivity index (χ3v) is 3.43. The van der Waals surface area contributed by atoms with Crippen LogP contribution in [-0.2, 0) is 14.3 Å². The number of ether oxygens (including phenoxy) is 4. The third kappa shape index (κ3) is 3.90. The summed E-state index contributed by atoms with van der Waals surface area (Å²) in [6.07, 6.45) is 0.380. The van der Waals surface area contributed by atoms with E-state index in [9.17, 15) is 9.90 Å². The van der Waals surface area contributed by atoms with Crippen molar-refractivity contribution >= 4 is 5.97 Å². The van der Waals surface area contributed by atoms with Crippen LogP contribution in [-0.4, -0.2) is 44.1 Å². The Balaban J connectivity index is 2.20. The molecule has 1 aliphatic rings. The van der Waals surface area contributed by atoms with Gasteiger partial charge in [-0.25, -0.2) is 4.79 Å². The SMILES string of the molecule is CCOC(=O)C(O)c1cccc(OC2CCCOC2)c1OC. The zero-order valence-electron chi connectivity index (χ0n) is 12.9. The highest BCUT2D eigenvalue weighted by Gasteiger charge is 2.26. The maximum absolute atomic E-state index is 11.7. The number of methoxy groups -OCH3 is 1. The molecular weight excluding hydrogens is 288 g/mol. The average Bonchev–Trinajstić information content (AvgIpc) is 2.55.